The van der Waals surface area contributed by atoms with Crippen LogP contribution in [0.3, 0.4) is 0 Å². The van der Waals surface area contributed by atoms with Crippen LogP contribution in [0.2, 0.25) is 0 Å². The lowest BCUT2D eigenvalue weighted by molar-refractivity contribution is -0.137. The molecular weight excluding hydrogens is 507 g/mol. The molecule has 2 aliphatic heterocycles. The maximum absolute atomic E-state index is 13.4. The van der Waals surface area contributed by atoms with Crippen LogP contribution >= 0.6 is 0 Å². The number of halogens is 3. The van der Waals surface area contributed by atoms with Gasteiger partial charge in [0.05, 0.1) is 28.6 Å². The SMILES string of the molecule is CO[C@H]1CC(N2CCN(C3(C)CCN(C(=O)c4c(C)ncnc4C)CC3)C[C@@H]2C)c2ccc(C(F)(F)F)cc21. The molecule has 3 heterocycles. The monoisotopic (exact) mass is 545 g/mol. The van der Waals surface area contributed by atoms with Gasteiger partial charge in [0.15, 0.2) is 0 Å². The Balaban J connectivity index is 1.24. The fraction of sp³-hybridized carbons (Fsp3) is 0.621. The number of likely N-dealkylation sites (tertiary alicyclic amines) is 1. The highest BCUT2D eigenvalue weighted by Gasteiger charge is 2.44. The Labute approximate surface area is 228 Å². The van der Waals surface area contributed by atoms with Gasteiger partial charge in [0.2, 0.25) is 0 Å². The third-order valence-corrected chi connectivity index (χ3v) is 9.25. The molecule has 3 atom stereocenters. The van der Waals surface area contributed by atoms with E-state index in [2.05, 4.69) is 33.6 Å². The Bertz CT molecular complexity index is 1210. The number of rotatable bonds is 4. The molecule has 1 aliphatic carbocycles. The molecule has 0 bridgehead atoms. The first kappa shape index (κ1) is 28.0. The number of benzene rings is 1. The fourth-order valence-electron chi connectivity index (χ4n) is 6.82. The Kier molecular flexibility index (Phi) is 7.50. The number of hydrogen-bond acceptors (Lipinski definition) is 6. The third kappa shape index (κ3) is 5.18. The lowest BCUT2D eigenvalue weighted by Crippen LogP contribution is -2.62. The number of nitrogens with zero attached hydrogens (tertiary/aromatic N) is 5. The lowest BCUT2D eigenvalue weighted by Gasteiger charge is -2.52. The second-order valence-electron chi connectivity index (χ2n) is 11.6. The molecule has 2 fully saturated rings. The quantitative estimate of drug-likeness (QED) is 0.542. The molecule has 0 saturated carbocycles. The second kappa shape index (κ2) is 10.4. The highest BCUT2D eigenvalue weighted by atomic mass is 19.4. The second-order valence-corrected chi connectivity index (χ2v) is 11.6. The van der Waals surface area contributed by atoms with Gasteiger partial charge in [0, 0.05) is 57.5 Å². The minimum Gasteiger partial charge on any atom is -0.377 e. The van der Waals surface area contributed by atoms with E-state index in [9.17, 15) is 18.0 Å². The van der Waals surface area contributed by atoms with Crippen LogP contribution in [0.25, 0.3) is 0 Å². The van der Waals surface area contributed by atoms with Gasteiger partial charge in [-0.05, 0) is 70.2 Å². The van der Waals surface area contributed by atoms with Gasteiger partial charge in [-0.2, -0.15) is 13.2 Å². The van der Waals surface area contributed by atoms with Crippen LogP contribution in [0.1, 0.15) is 83.7 Å². The number of amides is 1. The Morgan fingerprint density at radius 1 is 1.05 bits per heavy atom. The molecule has 1 unspecified atom stereocenters. The number of ether oxygens (including phenoxy) is 1. The zero-order valence-corrected chi connectivity index (χ0v) is 23.4. The maximum Gasteiger partial charge on any atom is 0.416 e. The van der Waals surface area contributed by atoms with Gasteiger partial charge >= 0.3 is 6.18 Å². The molecule has 0 radical (unpaired) electrons. The maximum atomic E-state index is 13.4. The van der Waals surface area contributed by atoms with E-state index < -0.39 is 11.7 Å². The molecule has 0 spiro atoms. The van der Waals surface area contributed by atoms with Gasteiger partial charge in [0.25, 0.3) is 5.91 Å². The number of hydrogen-bond donors (Lipinski definition) is 0. The highest BCUT2D eigenvalue weighted by molar-refractivity contribution is 5.96. The average Bonchev–Trinajstić information content (AvgIpc) is 3.26. The number of carbonyl (C=O) groups is 1. The van der Waals surface area contributed by atoms with Crippen molar-refractivity contribution >= 4 is 5.91 Å². The number of aryl methyl sites for hydroxylation is 2. The van der Waals surface area contributed by atoms with Crippen molar-refractivity contribution in [3.8, 4) is 0 Å². The standard InChI is InChI=1S/C29H38F3N5O2/c1-18-16-36(28(4)8-10-35(11-9-28)27(38)26-19(2)33-17-34-20(26)3)12-13-37(18)24-15-25(39-5)23-14-21(29(30,31)32)6-7-22(23)24/h6-7,14,17-18,24-25H,8-13,15-16H2,1-5H3/t18-,24?,25-/m0/s1. The van der Waals surface area contributed by atoms with Crippen LogP contribution in [-0.4, -0.2) is 82.0 Å². The predicted molar refractivity (Wildman–Crippen MR) is 141 cm³/mol. The van der Waals surface area contributed by atoms with Crippen molar-refractivity contribution in [1.82, 2.24) is 24.7 Å². The number of fused-ring (bicyclic) bond motifs is 1. The normalized spacial score (nSPS) is 26.1. The summed E-state index contributed by atoms with van der Waals surface area (Å²) in [5.74, 6) is 0.00659. The van der Waals surface area contributed by atoms with Crippen LogP contribution in [-0.2, 0) is 10.9 Å². The van der Waals surface area contributed by atoms with Crippen LogP contribution in [0.15, 0.2) is 24.5 Å². The van der Waals surface area contributed by atoms with Crippen molar-refractivity contribution in [1.29, 1.82) is 0 Å². The molecule has 2 aromatic rings. The molecule has 1 amide bonds. The molecule has 1 aromatic heterocycles. The van der Waals surface area contributed by atoms with Gasteiger partial charge in [0.1, 0.15) is 6.33 Å². The Morgan fingerprint density at radius 3 is 2.31 bits per heavy atom. The molecule has 0 N–H and O–H groups in total. The first-order valence-corrected chi connectivity index (χ1v) is 13.7. The van der Waals surface area contributed by atoms with E-state index in [0.29, 0.717) is 42.0 Å². The minimum atomic E-state index is -4.37. The molecule has 5 rings (SSSR count). The van der Waals surface area contributed by atoms with Crippen LogP contribution in [0.4, 0.5) is 13.2 Å². The van der Waals surface area contributed by atoms with E-state index >= 15 is 0 Å². The summed E-state index contributed by atoms with van der Waals surface area (Å²) in [4.78, 5) is 28.6. The van der Waals surface area contributed by atoms with Crippen molar-refractivity contribution < 1.29 is 22.7 Å². The Hall–Kier alpha value is -2.56. The molecule has 3 aliphatic rings. The van der Waals surface area contributed by atoms with Gasteiger partial charge in [-0.25, -0.2) is 9.97 Å². The zero-order valence-electron chi connectivity index (χ0n) is 23.4. The lowest BCUT2D eigenvalue weighted by atomic mass is 9.86. The van der Waals surface area contributed by atoms with E-state index in [1.165, 1.54) is 18.5 Å². The molecular formula is C29H38F3N5O2. The topological polar surface area (TPSA) is 61.8 Å². The van der Waals surface area contributed by atoms with E-state index in [1.807, 2.05) is 18.7 Å². The number of carbonyl (C=O) groups excluding carboxylic acids is 1. The van der Waals surface area contributed by atoms with Gasteiger partial charge in [-0.3, -0.25) is 14.6 Å². The summed E-state index contributed by atoms with van der Waals surface area (Å²) < 4.78 is 45.7. The van der Waals surface area contributed by atoms with Gasteiger partial charge < -0.3 is 9.64 Å². The number of methoxy groups -OCH3 is 1. The summed E-state index contributed by atoms with van der Waals surface area (Å²) in [5.41, 5.74) is 3.00. The predicted octanol–water partition coefficient (Wildman–Crippen LogP) is 4.95. The Morgan fingerprint density at radius 2 is 1.72 bits per heavy atom. The number of piperidine rings is 1. The number of piperazine rings is 1. The van der Waals surface area contributed by atoms with E-state index in [1.54, 1.807) is 13.2 Å². The third-order valence-electron chi connectivity index (χ3n) is 9.25. The molecule has 212 valence electrons. The zero-order chi connectivity index (χ0) is 28.1. The molecule has 1 aromatic carbocycles. The van der Waals surface area contributed by atoms with Crippen molar-refractivity contribution in [3.63, 3.8) is 0 Å². The fourth-order valence-corrected chi connectivity index (χ4v) is 6.82. The summed E-state index contributed by atoms with van der Waals surface area (Å²) in [5, 5.41) is 0. The number of aromatic nitrogens is 2. The molecule has 7 nitrogen and oxygen atoms in total. The summed E-state index contributed by atoms with van der Waals surface area (Å²) in [6.45, 7) is 12.2. The summed E-state index contributed by atoms with van der Waals surface area (Å²) >= 11 is 0. The van der Waals surface area contributed by atoms with Crippen LogP contribution in [0.5, 0.6) is 0 Å². The first-order valence-electron chi connectivity index (χ1n) is 13.7. The van der Waals surface area contributed by atoms with Crippen molar-refractivity contribution in [3.05, 3.63) is 58.2 Å². The highest BCUT2D eigenvalue weighted by Crippen LogP contribution is 2.47. The summed E-state index contributed by atoms with van der Waals surface area (Å²) in [6.07, 6.45) is -0.778. The molecule has 10 heteroatoms. The molecule has 2 saturated heterocycles. The van der Waals surface area contributed by atoms with Gasteiger partial charge in [-0.1, -0.05) is 6.07 Å². The average molecular weight is 546 g/mol. The van der Waals surface area contributed by atoms with E-state index in [-0.39, 0.29) is 29.6 Å². The summed E-state index contributed by atoms with van der Waals surface area (Å²) in [6, 6.07) is 4.39. The van der Waals surface area contributed by atoms with Gasteiger partial charge in [-0.15, -0.1) is 0 Å². The van der Waals surface area contributed by atoms with E-state index in [0.717, 1.165) is 38.0 Å². The first-order chi connectivity index (χ1) is 18.4. The molecule has 39 heavy (non-hydrogen) atoms. The smallest absolute Gasteiger partial charge is 0.377 e. The minimum absolute atomic E-state index is 0.00659. The van der Waals surface area contributed by atoms with Crippen molar-refractivity contribution in [2.75, 3.05) is 39.8 Å². The van der Waals surface area contributed by atoms with Crippen molar-refractivity contribution in [2.24, 2.45) is 0 Å². The van der Waals surface area contributed by atoms with Crippen LogP contribution in [0, 0.1) is 13.8 Å². The van der Waals surface area contributed by atoms with E-state index in [4.69, 9.17) is 4.74 Å². The van der Waals surface area contributed by atoms with Crippen LogP contribution < -0.4 is 0 Å². The van der Waals surface area contributed by atoms with Crippen molar-refractivity contribution in [2.45, 2.75) is 76.9 Å². The largest absolute Gasteiger partial charge is 0.416 e. The number of alkyl halides is 3. The summed E-state index contributed by atoms with van der Waals surface area (Å²) in [7, 11) is 1.57.